The molecule has 2 aromatic carbocycles. The van der Waals surface area contributed by atoms with Gasteiger partial charge in [-0.2, -0.15) is 11.3 Å². The van der Waals surface area contributed by atoms with Gasteiger partial charge < -0.3 is 9.63 Å². The molecule has 0 bridgehead atoms. The standard InChI is InChI=1S/C25H20ClN3O3S2/c1-14-21(15(2)32-28-14)16-7-9-17(10-8-16)22(18-11-12-33-13-18)29-25(31)23(24(30)27-29)34-20-6-4-3-5-19(20)26/h3-13,22,31H,1-2H3,(H,27,30). The molecular formula is C25H20ClN3O3S2. The molecule has 0 aliphatic heterocycles. The zero-order valence-corrected chi connectivity index (χ0v) is 20.7. The van der Waals surface area contributed by atoms with E-state index < -0.39 is 6.04 Å². The molecule has 1 atom stereocenters. The number of nitrogens with one attached hydrogen (secondary N) is 1. The van der Waals surface area contributed by atoms with Crippen molar-refractivity contribution in [3.05, 3.63) is 103 Å². The molecule has 6 nitrogen and oxygen atoms in total. The number of aromatic hydroxyl groups is 1. The summed E-state index contributed by atoms with van der Waals surface area (Å²) < 4.78 is 6.82. The molecule has 34 heavy (non-hydrogen) atoms. The Bertz CT molecular complexity index is 1480. The van der Waals surface area contributed by atoms with Crippen molar-refractivity contribution >= 4 is 34.7 Å². The summed E-state index contributed by atoms with van der Waals surface area (Å²) in [6, 6.07) is 16.8. The lowest BCUT2D eigenvalue weighted by Gasteiger charge is -2.19. The van der Waals surface area contributed by atoms with E-state index in [1.807, 2.05) is 73.1 Å². The fraction of sp³-hybridized carbons (Fsp3) is 0.120. The van der Waals surface area contributed by atoms with Gasteiger partial charge in [-0.3, -0.25) is 9.89 Å². The molecular weight excluding hydrogens is 490 g/mol. The zero-order chi connectivity index (χ0) is 23.8. The first kappa shape index (κ1) is 22.6. The van der Waals surface area contributed by atoms with Gasteiger partial charge in [0.25, 0.3) is 5.56 Å². The predicted octanol–water partition coefficient (Wildman–Crippen LogP) is 6.66. The monoisotopic (exact) mass is 509 g/mol. The Morgan fingerprint density at radius 3 is 2.53 bits per heavy atom. The van der Waals surface area contributed by atoms with Crippen LogP contribution in [-0.4, -0.2) is 20.0 Å². The van der Waals surface area contributed by atoms with E-state index in [-0.39, 0.29) is 16.3 Å². The van der Waals surface area contributed by atoms with Crippen molar-refractivity contribution < 1.29 is 9.63 Å². The number of H-pyrrole nitrogens is 1. The Morgan fingerprint density at radius 1 is 1.12 bits per heavy atom. The highest BCUT2D eigenvalue weighted by Gasteiger charge is 2.25. The van der Waals surface area contributed by atoms with E-state index in [1.54, 1.807) is 17.4 Å². The van der Waals surface area contributed by atoms with Gasteiger partial charge in [0, 0.05) is 10.5 Å². The average Bonchev–Trinajstić information content (AvgIpc) is 3.54. The molecule has 0 aliphatic carbocycles. The van der Waals surface area contributed by atoms with Crippen LogP contribution in [0.3, 0.4) is 0 Å². The van der Waals surface area contributed by atoms with Crippen molar-refractivity contribution in [1.29, 1.82) is 0 Å². The van der Waals surface area contributed by atoms with E-state index >= 15 is 0 Å². The summed E-state index contributed by atoms with van der Waals surface area (Å²) >= 11 is 8.97. The molecule has 0 radical (unpaired) electrons. The number of halogens is 1. The van der Waals surface area contributed by atoms with E-state index in [9.17, 15) is 9.90 Å². The maximum atomic E-state index is 12.9. The van der Waals surface area contributed by atoms with E-state index in [0.717, 1.165) is 45.5 Å². The van der Waals surface area contributed by atoms with E-state index in [2.05, 4.69) is 10.3 Å². The van der Waals surface area contributed by atoms with Gasteiger partial charge in [0.2, 0.25) is 5.88 Å². The normalized spacial score (nSPS) is 12.2. The van der Waals surface area contributed by atoms with Crippen molar-refractivity contribution in [3.8, 4) is 17.0 Å². The lowest BCUT2D eigenvalue weighted by Crippen LogP contribution is -2.15. The molecule has 5 rings (SSSR count). The minimum absolute atomic E-state index is 0.138. The average molecular weight is 510 g/mol. The third kappa shape index (κ3) is 4.09. The van der Waals surface area contributed by atoms with Gasteiger partial charge >= 0.3 is 0 Å². The van der Waals surface area contributed by atoms with E-state index in [4.69, 9.17) is 16.1 Å². The Hall–Kier alpha value is -3.20. The van der Waals surface area contributed by atoms with Crippen LogP contribution in [0.5, 0.6) is 5.88 Å². The van der Waals surface area contributed by atoms with E-state index in [1.165, 1.54) is 4.68 Å². The van der Waals surface area contributed by atoms with Crippen LogP contribution in [0.2, 0.25) is 5.02 Å². The quantitative estimate of drug-likeness (QED) is 0.267. The Labute approximate surface area is 208 Å². The molecule has 0 amide bonds. The minimum atomic E-state index is -0.418. The van der Waals surface area contributed by atoms with Crippen molar-refractivity contribution in [1.82, 2.24) is 14.9 Å². The van der Waals surface area contributed by atoms with Gasteiger partial charge in [-0.1, -0.05) is 64.9 Å². The SMILES string of the molecule is Cc1noc(C)c1-c1ccc(C(c2ccsc2)n2[nH]c(=O)c(Sc3ccccc3Cl)c2O)cc1. The summed E-state index contributed by atoms with van der Waals surface area (Å²) in [5.41, 5.74) is 4.26. The maximum absolute atomic E-state index is 12.9. The first-order chi connectivity index (χ1) is 16.4. The fourth-order valence-corrected chi connectivity index (χ4v) is 5.78. The Balaban J connectivity index is 1.57. The second-order valence-electron chi connectivity index (χ2n) is 7.78. The van der Waals surface area contributed by atoms with Crippen LogP contribution < -0.4 is 5.56 Å². The van der Waals surface area contributed by atoms with Gasteiger partial charge in [0.15, 0.2) is 0 Å². The molecule has 1 unspecified atom stereocenters. The minimum Gasteiger partial charge on any atom is -0.493 e. The lowest BCUT2D eigenvalue weighted by molar-refractivity contribution is 0.385. The second kappa shape index (κ2) is 9.21. The van der Waals surface area contributed by atoms with Gasteiger partial charge in [0.1, 0.15) is 16.7 Å². The first-order valence-electron chi connectivity index (χ1n) is 10.4. The van der Waals surface area contributed by atoms with Crippen LogP contribution >= 0.6 is 34.7 Å². The predicted molar refractivity (Wildman–Crippen MR) is 135 cm³/mol. The van der Waals surface area contributed by atoms with Gasteiger partial charge in [0.05, 0.1) is 10.7 Å². The van der Waals surface area contributed by atoms with Crippen LogP contribution in [0, 0.1) is 13.8 Å². The summed E-state index contributed by atoms with van der Waals surface area (Å²) in [6.45, 7) is 3.80. The van der Waals surface area contributed by atoms with Crippen molar-refractivity contribution in [2.24, 2.45) is 0 Å². The number of rotatable bonds is 6. The summed E-state index contributed by atoms with van der Waals surface area (Å²) in [5, 5.41) is 22.5. The number of aromatic amines is 1. The van der Waals surface area contributed by atoms with Crippen LogP contribution in [0.4, 0.5) is 0 Å². The molecule has 0 aliphatic rings. The van der Waals surface area contributed by atoms with Crippen LogP contribution in [0.25, 0.3) is 11.1 Å². The molecule has 9 heteroatoms. The topological polar surface area (TPSA) is 84.0 Å². The number of aryl methyl sites for hydroxylation is 2. The third-order valence-electron chi connectivity index (χ3n) is 5.57. The Kier molecular flexibility index (Phi) is 6.12. The first-order valence-corrected chi connectivity index (χ1v) is 12.6. The number of aromatic nitrogens is 3. The smallest absolute Gasteiger partial charge is 0.282 e. The van der Waals surface area contributed by atoms with Crippen LogP contribution in [0.1, 0.15) is 28.6 Å². The van der Waals surface area contributed by atoms with Crippen LogP contribution in [0.15, 0.2) is 84.5 Å². The third-order valence-corrected chi connectivity index (χ3v) is 7.86. The highest BCUT2D eigenvalue weighted by molar-refractivity contribution is 7.99. The number of nitrogens with zero attached hydrogens (tertiary/aromatic N) is 2. The molecule has 172 valence electrons. The summed E-state index contributed by atoms with van der Waals surface area (Å²) in [6.07, 6.45) is 0. The fourth-order valence-electron chi connectivity index (χ4n) is 3.99. The van der Waals surface area contributed by atoms with Gasteiger partial charge in [-0.05, 0) is 59.5 Å². The van der Waals surface area contributed by atoms with Crippen LogP contribution in [-0.2, 0) is 0 Å². The summed E-state index contributed by atoms with van der Waals surface area (Å²) in [7, 11) is 0. The molecule has 0 saturated heterocycles. The molecule has 0 saturated carbocycles. The number of hydrogen-bond acceptors (Lipinski definition) is 6. The lowest BCUT2D eigenvalue weighted by atomic mass is 9.97. The van der Waals surface area contributed by atoms with Gasteiger partial charge in [-0.15, -0.1) is 0 Å². The Morgan fingerprint density at radius 2 is 1.88 bits per heavy atom. The molecule has 3 aromatic heterocycles. The number of benzene rings is 2. The van der Waals surface area contributed by atoms with Gasteiger partial charge in [-0.25, -0.2) is 4.68 Å². The molecule has 5 aromatic rings. The summed E-state index contributed by atoms with van der Waals surface area (Å²) in [5.74, 6) is 0.620. The van der Waals surface area contributed by atoms with Crippen molar-refractivity contribution in [2.45, 2.75) is 29.7 Å². The molecule has 0 fully saturated rings. The van der Waals surface area contributed by atoms with Crippen molar-refractivity contribution in [3.63, 3.8) is 0 Å². The highest BCUT2D eigenvalue weighted by Crippen LogP contribution is 2.39. The zero-order valence-electron chi connectivity index (χ0n) is 18.3. The van der Waals surface area contributed by atoms with E-state index in [0.29, 0.717) is 9.92 Å². The maximum Gasteiger partial charge on any atom is 0.282 e. The second-order valence-corrected chi connectivity index (χ2v) is 10.0. The number of thiophene rings is 1. The van der Waals surface area contributed by atoms with Crippen molar-refractivity contribution in [2.75, 3.05) is 0 Å². The highest BCUT2D eigenvalue weighted by atomic mass is 35.5. The molecule has 0 spiro atoms. The molecule has 2 N–H and O–H groups in total. The number of hydrogen-bond donors (Lipinski definition) is 2. The summed E-state index contributed by atoms with van der Waals surface area (Å²) in [4.78, 5) is 13.7. The molecule has 3 heterocycles. The largest absolute Gasteiger partial charge is 0.493 e.